The quantitative estimate of drug-likeness (QED) is 0.0582. The van der Waals surface area contributed by atoms with Crippen molar-refractivity contribution in [3.05, 3.63) is 95.6 Å². The first-order valence-corrected chi connectivity index (χ1v) is 18.7. The summed E-state index contributed by atoms with van der Waals surface area (Å²) in [4.78, 5) is 12.2. The van der Waals surface area contributed by atoms with E-state index >= 15 is 0 Å². The molecule has 0 radical (unpaired) electrons. The lowest BCUT2D eigenvalue weighted by atomic mass is 9.80. The summed E-state index contributed by atoms with van der Waals surface area (Å²) in [5, 5.41) is 11.0. The zero-order valence-electron chi connectivity index (χ0n) is 27.1. The fourth-order valence-corrected chi connectivity index (χ4v) is 5.63. The van der Waals surface area contributed by atoms with Crippen LogP contribution in [0.25, 0.3) is 0 Å². The van der Waals surface area contributed by atoms with E-state index in [0.717, 1.165) is 34.2 Å². The standard InChI is InChI=1S/C35H48O8Si/c1-26(34(37)40-4)33(36)23-32(42-25-41-21-22-44(5,6)7)24-43-35(27-11-9-8-10-12-27,28-13-17-30(38-2)18-14-28)29-15-19-31(39-3)20-16-29/h8-20,26,32-33,36H,21-25H2,1-7H3/t26-,32+,33-/m1/s1. The fraction of sp³-hybridized carbons (Fsp3) is 0.457. The average Bonchev–Trinajstić information content (AvgIpc) is 3.04. The van der Waals surface area contributed by atoms with E-state index in [2.05, 4.69) is 19.6 Å². The lowest BCUT2D eigenvalue weighted by Gasteiger charge is -2.37. The number of aliphatic hydroxyl groups is 1. The van der Waals surface area contributed by atoms with Crippen LogP contribution < -0.4 is 9.47 Å². The average molecular weight is 625 g/mol. The SMILES string of the molecule is COC(=O)[C@H](C)[C@H](O)C[C@@H](COC(c1ccccc1)(c1ccc(OC)cc1)c1ccc(OC)cc1)OCOCC[Si](C)(C)C. The minimum Gasteiger partial charge on any atom is -0.497 e. The summed E-state index contributed by atoms with van der Waals surface area (Å²) in [7, 11) is 3.30. The highest BCUT2D eigenvalue weighted by Crippen LogP contribution is 2.42. The highest BCUT2D eigenvalue weighted by Gasteiger charge is 2.39. The number of rotatable bonds is 18. The van der Waals surface area contributed by atoms with Crippen LogP contribution in [-0.4, -0.2) is 72.7 Å². The monoisotopic (exact) mass is 624 g/mol. The van der Waals surface area contributed by atoms with Gasteiger partial charge in [-0.2, -0.15) is 0 Å². The lowest BCUT2D eigenvalue weighted by molar-refractivity contribution is -0.154. The molecule has 240 valence electrons. The van der Waals surface area contributed by atoms with Gasteiger partial charge in [-0.05, 0) is 53.9 Å². The minimum absolute atomic E-state index is 0.0429. The molecule has 1 N–H and O–H groups in total. The van der Waals surface area contributed by atoms with Crippen LogP contribution in [0.1, 0.15) is 30.0 Å². The normalized spacial score (nSPS) is 14.0. The molecule has 3 aromatic rings. The number of aliphatic hydroxyl groups excluding tert-OH is 1. The molecule has 0 aliphatic rings. The summed E-state index contributed by atoms with van der Waals surface area (Å²) in [6.07, 6.45) is -1.46. The summed E-state index contributed by atoms with van der Waals surface area (Å²) >= 11 is 0. The van der Waals surface area contributed by atoms with Crippen LogP contribution in [0.15, 0.2) is 78.9 Å². The Labute approximate surface area is 263 Å². The Bertz CT molecular complexity index is 1210. The first-order valence-electron chi connectivity index (χ1n) is 15.0. The maximum absolute atomic E-state index is 12.2. The molecular formula is C35H48O8Si. The second-order valence-electron chi connectivity index (χ2n) is 12.1. The minimum atomic E-state index is -1.27. The smallest absolute Gasteiger partial charge is 0.311 e. The third-order valence-corrected chi connectivity index (χ3v) is 9.40. The molecule has 3 atom stereocenters. The molecule has 8 nitrogen and oxygen atoms in total. The number of benzene rings is 3. The van der Waals surface area contributed by atoms with Crippen molar-refractivity contribution in [1.82, 2.24) is 0 Å². The molecule has 9 heteroatoms. The summed E-state index contributed by atoms with van der Waals surface area (Å²) in [5.41, 5.74) is 1.61. The molecule has 0 aromatic heterocycles. The van der Waals surface area contributed by atoms with Crippen molar-refractivity contribution >= 4 is 14.0 Å². The molecule has 3 aromatic carbocycles. The van der Waals surface area contributed by atoms with Crippen LogP contribution in [0, 0.1) is 5.92 Å². The van der Waals surface area contributed by atoms with Crippen molar-refractivity contribution in [2.45, 2.75) is 56.8 Å². The summed E-state index contributed by atoms with van der Waals surface area (Å²) < 4.78 is 34.8. The molecule has 0 saturated heterocycles. The maximum Gasteiger partial charge on any atom is 0.311 e. The predicted molar refractivity (Wildman–Crippen MR) is 174 cm³/mol. The van der Waals surface area contributed by atoms with Gasteiger partial charge < -0.3 is 33.5 Å². The first kappa shape index (κ1) is 35.3. The van der Waals surface area contributed by atoms with Gasteiger partial charge >= 0.3 is 5.97 Å². The summed E-state index contributed by atoms with van der Waals surface area (Å²) in [5.74, 6) is 0.226. The van der Waals surface area contributed by atoms with Crippen LogP contribution in [0.5, 0.6) is 11.5 Å². The van der Waals surface area contributed by atoms with E-state index in [-0.39, 0.29) is 19.8 Å². The molecule has 3 rings (SSSR count). The fourth-order valence-electron chi connectivity index (χ4n) is 4.87. The molecule has 44 heavy (non-hydrogen) atoms. The van der Waals surface area contributed by atoms with Crippen LogP contribution in [0.2, 0.25) is 25.7 Å². The van der Waals surface area contributed by atoms with Gasteiger partial charge in [0.15, 0.2) is 0 Å². The Morgan fingerprint density at radius 3 is 1.82 bits per heavy atom. The molecule has 0 amide bonds. The number of methoxy groups -OCH3 is 3. The van der Waals surface area contributed by atoms with Crippen molar-refractivity contribution < 1.29 is 38.3 Å². The number of ether oxygens (including phenoxy) is 6. The Hall–Kier alpha value is -3.21. The lowest BCUT2D eigenvalue weighted by Crippen LogP contribution is -2.39. The van der Waals surface area contributed by atoms with E-state index in [1.807, 2.05) is 78.9 Å². The van der Waals surface area contributed by atoms with Gasteiger partial charge in [0.25, 0.3) is 0 Å². The van der Waals surface area contributed by atoms with Crippen LogP contribution >= 0.6 is 0 Å². The van der Waals surface area contributed by atoms with E-state index in [1.54, 1.807) is 21.1 Å². The van der Waals surface area contributed by atoms with Crippen molar-refractivity contribution in [3.63, 3.8) is 0 Å². The number of hydrogen-bond acceptors (Lipinski definition) is 8. The van der Waals surface area contributed by atoms with Gasteiger partial charge in [-0.3, -0.25) is 4.79 Å². The van der Waals surface area contributed by atoms with E-state index in [1.165, 1.54) is 7.11 Å². The van der Waals surface area contributed by atoms with Crippen molar-refractivity contribution in [2.24, 2.45) is 5.92 Å². The second-order valence-corrected chi connectivity index (χ2v) is 17.7. The van der Waals surface area contributed by atoms with E-state index < -0.39 is 37.8 Å². The van der Waals surface area contributed by atoms with E-state index in [4.69, 9.17) is 28.4 Å². The van der Waals surface area contributed by atoms with Crippen molar-refractivity contribution in [1.29, 1.82) is 0 Å². The zero-order chi connectivity index (χ0) is 32.2. The third-order valence-electron chi connectivity index (χ3n) is 7.70. The Kier molecular flexibility index (Phi) is 13.4. The predicted octanol–water partition coefficient (Wildman–Crippen LogP) is 6.27. The van der Waals surface area contributed by atoms with Gasteiger partial charge in [-0.25, -0.2) is 0 Å². The van der Waals surface area contributed by atoms with Gasteiger partial charge in [0.2, 0.25) is 0 Å². The number of hydrogen-bond donors (Lipinski definition) is 1. The van der Waals surface area contributed by atoms with E-state index in [0.29, 0.717) is 6.61 Å². The first-order chi connectivity index (χ1) is 21.0. The van der Waals surface area contributed by atoms with Crippen molar-refractivity contribution in [2.75, 3.05) is 41.3 Å². The molecular weight excluding hydrogens is 576 g/mol. The third kappa shape index (κ3) is 9.64. The Morgan fingerprint density at radius 2 is 1.34 bits per heavy atom. The topological polar surface area (TPSA) is 92.7 Å². The molecule has 0 bridgehead atoms. The van der Waals surface area contributed by atoms with Gasteiger partial charge in [-0.1, -0.05) is 74.2 Å². The Balaban J connectivity index is 2.01. The molecule has 0 aliphatic carbocycles. The zero-order valence-corrected chi connectivity index (χ0v) is 28.1. The number of carbonyl (C=O) groups excluding carboxylic acids is 1. The highest BCUT2D eigenvalue weighted by molar-refractivity contribution is 6.76. The largest absolute Gasteiger partial charge is 0.497 e. The van der Waals surface area contributed by atoms with E-state index in [9.17, 15) is 9.90 Å². The molecule has 0 heterocycles. The van der Waals surface area contributed by atoms with Crippen LogP contribution in [0.4, 0.5) is 0 Å². The molecule has 0 unspecified atom stereocenters. The molecule has 0 saturated carbocycles. The Morgan fingerprint density at radius 1 is 0.818 bits per heavy atom. The molecule has 0 fully saturated rings. The van der Waals surface area contributed by atoms with Crippen LogP contribution in [-0.2, 0) is 29.3 Å². The number of esters is 1. The van der Waals surface area contributed by atoms with Gasteiger partial charge in [0.1, 0.15) is 23.9 Å². The maximum atomic E-state index is 12.2. The molecule has 0 aliphatic heterocycles. The van der Waals surface area contributed by atoms with Crippen LogP contribution in [0.3, 0.4) is 0 Å². The second kappa shape index (κ2) is 16.7. The number of carbonyl (C=O) groups is 1. The molecule has 0 spiro atoms. The van der Waals surface area contributed by atoms with Gasteiger partial charge in [0, 0.05) is 21.1 Å². The van der Waals surface area contributed by atoms with Gasteiger partial charge in [-0.15, -0.1) is 0 Å². The van der Waals surface area contributed by atoms with Crippen molar-refractivity contribution in [3.8, 4) is 11.5 Å². The van der Waals surface area contributed by atoms with Gasteiger partial charge in [0.05, 0.1) is 46.1 Å². The summed E-state index contributed by atoms with van der Waals surface area (Å²) in [6.45, 7) is 9.24. The highest BCUT2D eigenvalue weighted by atomic mass is 28.3. The summed E-state index contributed by atoms with van der Waals surface area (Å²) in [6, 6.07) is 26.5.